The Bertz CT molecular complexity index is 1520. The number of benzene rings is 2. The maximum Gasteiger partial charge on any atom is 0.295 e. The molecule has 1 aliphatic rings. The first kappa shape index (κ1) is 26.3. The summed E-state index contributed by atoms with van der Waals surface area (Å²) in [5, 5.41) is 8.64. The molecular weight excluding hydrogens is 528 g/mol. The van der Waals surface area contributed by atoms with E-state index in [9.17, 15) is 17.2 Å². The van der Waals surface area contributed by atoms with Crippen molar-refractivity contribution in [2.45, 2.75) is 37.3 Å². The number of aryl methyl sites for hydroxylation is 2. The van der Waals surface area contributed by atoms with Gasteiger partial charge in [-0.25, -0.2) is 13.8 Å². The Labute approximate surface area is 224 Å². The number of piperidine rings is 1. The molecule has 2 aromatic carbocycles. The van der Waals surface area contributed by atoms with Crippen LogP contribution in [0.4, 0.5) is 8.78 Å². The SMILES string of the molecule is Cc1nc(C)c(S(=O)(=O)n2cc(CCN3CCC(=C(c4ccc(F)cc4)c4ccc(F)cc4)CC3)nn2)s1. The van der Waals surface area contributed by atoms with E-state index in [1.165, 1.54) is 36.0 Å². The van der Waals surface area contributed by atoms with E-state index in [0.29, 0.717) is 29.4 Å². The molecule has 0 unspecified atom stereocenters. The van der Waals surface area contributed by atoms with Gasteiger partial charge < -0.3 is 4.90 Å². The smallest absolute Gasteiger partial charge is 0.295 e. The van der Waals surface area contributed by atoms with Crippen LogP contribution >= 0.6 is 11.3 Å². The maximum absolute atomic E-state index is 13.6. The van der Waals surface area contributed by atoms with E-state index in [-0.39, 0.29) is 15.8 Å². The number of nitrogens with zero attached hydrogens (tertiary/aromatic N) is 5. The molecule has 5 rings (SSSR count). The van der Waals surface area contributed by atoms with Gasteiger partial charge in [0.25, 0.3) is 10.0 Å². The van der Waals surface area contributed by atoms with E-state index in [4.69, 9.17) is 0 Å². The average molecular weight is 556 g/mol. The lowest BCUT2D eigenvalue weighted by Crippen LogP contribution is -2.33. The van der Waals surface area contributed by atoms with Gasteiger partial charge in [0.05, 0.1) is 22.6 Å². The van der Waals surface area contributed by atoms with Gasteiger partial charge in [0.1, 0.15) is 11.6 Å². The van der Waals surface area contributed by atoms with Gasteiger partial charge in [-0.15, -0.1) is 20.5 Å². The predicted octanol–water partition coefficient (Wildman–Crippen LogP) is 5.01. The van der Waals surface area contributed by atoms with Crippen LogP contribution in [-0.2, 0) is 16.4 Å². The summed E-state index contributed by atoms with van der Waals surface area (Å²) in [4.78, 5) is 6.51. The van der Waals surface area contributed by atoms with E-state index < -0.39 is 10.0 Å². The third kappa shape index (κ3) is 5.59. The lowest BCUT2D eigenvalue weighted by atomic mass is 9.88. The molecule has 3 heterocycles. The zero-order valence-electron chi connectivity index (χ0n) is 21.1. The molecule has 1 saturated heterocycles. The largest absolute Gasteiger partial charge is 0.302 e. The molecule has 11 heteroatoms. The minimum atomic E-state index is -3.81. The Kier molecular flexibility index (Phi) is 7.51. The maximum atomic E-state index is 13.6. The Morgan fingerprint density at radius 1 is 0.947 bits per heavy atom. The van der Waals surface area contributed by atoms with Crippen LogP contribution in [0, 0.1) is 25.5 Å². The van der Waals surface area contributed by atoms with Crippen LogP contribution < -0.4 is 0 Å². The van der Waals surface area contributed by atoms with Crippen molar-refractivity contribution in [2.24, 2.45) is 0 Å². The van der Waals surface area contributed by atoms with Gasteiger partial charge >= 0.3 is 0 Å². The fourth-order valence-electron chi connectivity index (χ4n) is 4.73. The van der Waals surface area contributed by atoms with Gasteiger partial charge in [-0.3, -0.25) is 0 Å². The zero-order chi connectivity index (χ0) is 26.9. The van der Waals surface area contributed by atoms with Crippen molar-refractivity contribution in [1.82, 2.24) is 24.3 Å². The lowest BCUT2D eigenvalue weighted by Gasteiger charge is -2.30. The van der Waals surface area contributed by atoms with E-state index in [0.717, 1.165) is 58.1 Å². The molecule has 0 amide bonds. The number of rotatable bonds is 7. The number of halogens is 2. The lowest BCUT2D eigenvalue weighted by molar-refractivity contribution is 0.259. The van der Waals surface area contributed by atoms with Crippen LogP contribution in [0.2, 0.25) is 0 Å². The molecule has 0 radical (unpaired) electrons. The summed E-state index contributed by atoms with van der Waals surface area (Å²) in [7, 11) is -3.81. The highest BCUT2D eigenvalue weighted by Gasteiger charge is 2.25. The van der Waals surface area contributed by atoms with Gasteiger partial charge in [0.2, 0.25) is 0 Å². The monoisotopic (exact) mass is 555 g/mol. The van der Waals surface area contributed by atoms with Crippen molar-refractivity contribution in [3.8, 4) is 0 Å². The van der Waals surface area contributed by atoms with Crippen molar-refractivity contribution in [1.29, 1.82) is 0 Å². The first-order valence-electron chi connectivity index (χ1n) is 12.3. The highest BCUT2D eigenvalue weighted by atomic mass is 32.2. The second-order valence-corrected chi connectivity index (χ2v) is 12.5. The van der Waals surface area contributed by atoms with Crippen molar-refractivity contribution in [3.05, 3.63) is 99.5 Å². The fourth-order valence-corrected chi connectivity index (χ4v) is 7.37. The number of hydrogen-bond donors (Lipinski definition) is 0. The first-order chi connectivity index (χ1) is 18.2. The van der Waals surface area contributed by atoms with Crippen LogP contribution in [-0.4, -0.2) is 52.3 Å². The molecule has 2 aromatic heterocycles. The average Bonchev–Trinajstić information content (AvgIpc) is 3.52. The van der Waals surface area contributed by atoms with E-state index in [2.05, 4.69) is 20.2 Å². The highest BCUT2D eigenvalue weighted by Crippen LogP contribution is 2.33. The molecule has 1 fully saturated rings. The minimum Gasteiger partial charge on any atom is -0.302 e. The molecule has 0 saturated carbocycles. The number of likely N-dealkylation sites (tertiary alicyclic amines) is 1. The molecule has 1 aliphatic heterocycles. The molecule has 38 heavy (non-hydrogen) atoms. The van der Waals surface area contributed by atoms with Crippen LogP contribution in [0.15, 0.2) is 64.5 Å². The molecule has 7 nitrogen and oxygen atoms in total. The Morgan fingerprint density at radius 2 is 1.53 bits per heavy atom. The summed E-state index contributed by atoms with van der Waals surface area (Å²) in [5.41, 5.74) is 5.14. The summed E-state index contributed by atoms with van der Waals surface area (Å²) < 4.78 is 54.1. The van der Waals surface area contributed by atoms with Crippen molar-refractivity contribution in [2.75, 3.05) is 19.6 Å². The molecule has 4 aromatic rings. The highest BCUT2D eigenvalue weighted by molar-refractivity contribution is 7.92. The van der Waals surface area contributed by atoms with Crippen molar-refractivity contribution >= 4 is 26.9 Å². The van der Waals surface area contributed by atoms with Gasteiger partial charge in [0, 0.05) is 26.1 Å². The number of hydrogen-bond acceptors (Lipinski definition) is 7. The first-order valence-corrected chi connectivity index (χ1v) is 14.5. The van der Waals surface area contributed by atoms with Crippen LogP contribution in [0.3, 0.4) is 0 Å². The normalized spacial score (nSPS) is 14.7. The van der Waals surface area contributed by atoms with Gasteiger partial charge in [0.15, 0.2) is 4.21 Å². The minimum absolute atomic E-state index is 0.180. The summed E-state index contributed by atoms with van der Waals surface area (Å²) in [6, 6.07) is 12.8. The summed E-state index contributed by atoms with van der Waals surface area (Å²) in [6.07, 6.45) is 3.67. The molecule has 198 valence electrons. The molecule has 0 aliphatic carbocycles. The third-order valence-corrected chi connectivity index (χ3v) is 9.81. The second-order valence-electron chi connectivity index (χ2n) is 9.28. The van der Waals surface area contributed by atoms with Crippen molar-refractivity contribution in [3.63, 3.8) is 0 Å². The van der Waals surface area contributed by atoms with Gasteiger partial charge in [-0.2, -0.15) is 8.42 Å². The summed E-state index contributed by atoms with van der Waals surface area (Å²) >= 11 is 1.12. The fraction of sp³-hybridized carbons (Fsp3) is 0.296. The summed E-state index contributed by atoms with van der Waals surface area (Å²) in [5.74, 6) is -0.594. The predicted molar refractivity (Wildman–Crippen MR) is 142 cm³/mol. The second kappa shape index (κ2) is 10.8. The third-order valence-electron chi connectivity index (χ3n) is 6.63. The van der Waals surface area contributed by atoms with Crippen LogP contribution in [0.25, 0.3) is 5.57 Å². The van der Waals surface area contributed by atoms with Crippen molar-refractivity contribution < 1.29 is 17.2 Å². The number of aromatic nitrogens is 4. The Hall–Kier alpha value is -3.28. The number of thiazole rings is 1. The van der Waals surface area contributed by atoms with Gasteiger partial charge in [-0.05, 0) is 67.7 Å². The standard InChI is InChI=1S/C27H27F2N5O2S2/c1-18-27(37-19(2)30-18)38(35,36)34-17-25(31-32-34)13-16-33-14-11-22(12-15-33)26(20-3-7-23(28)8-4-20)21-5-9-24(29)10-6-21/h3-10,17H,11-16H2,1-2H3. The van der Waals surface area contributed by atoms with Crippen LogP contribution in [0.1, 0.15) is 40.4 Å². The summed E-state index contributed by atoms with van der Waals surface area (Å²) in [6.45, 7) is 5.78. The molecule has 0 bridgehead atoms. The Balaban J connectivity index is 1.27. The van der Waals surface area contributed by atoms with Gasteiger partial charge in [-0.1, -0.05) is 35.1 Å². The topological polar surface area (TPSA) is 81.0 Å². The zero-order valence-corrected chi connectivity index (χ0v) is 22.7. The van der Waals surface area contributed by atoms with E-state index >= 15 is 0 Å². The van der Waals surface area contributed by atoms with E-state index in [1.807, 2.05) is 0 Å². The van der Waals surface area contributed by atoms with E-state index in [1.54, 1.807) is 38.1 Å². The Morgan fingerprint density at radius 3 is 2.05 bits per heavy atom. The molecular formula is C27H27F2N5O2S2. The molecule has 0 spiro atoms. The van der Waals surface area contributed by atoms with Crippen LogP contribution in [0.5, 0.6) is 0 Å². The molecule has 0 atom stereocenters. The quantitative estimate of drug-likeness (QED) is 0.319. The molecule has 0 N–H and O–H groups in total.